The van der Waals surface area contributed by atoms with E-state index in [1.54, 1.807) is 7.05 Å². The van der Waals surface area contributed by atoms with Gasteiger partial charge in [-0.3, -0.25) is 0 Å². The zero-order chi connectivity index (χ0) is 10.6. The van der Waals surface area contributed by atoms with Gasteiger partial charge in [0.2, 0.25) is 0 Å². The van der Waals surface area contributed by atoms with Crippen LogP contribution in [0.2, 0.25) is 0 Å². The highest BCUT2D eigenvalue weighted by molar-refractivity contribution is 9.11. The van der Waals surface area contributed by atoms with Crippen molar-refractivity contribution in [2.45, 2.75) is 26.4 Å². The molecular formula is C9H16BrNO2. The Morgan fingerprint density at radius 2 is 2.00 bits per heavy atom. The summed E-state index contributed by atoms with van der Waals surface area (Å²) in [5, 5.41) is 0. The third-order valence-corrected chi connectivity index (χ3v) is 1.36. The Morgan fingerprint density at radius 3 is 2.31 bits per heavy atom. The Balaban J connectivity index is 4.05. The average molecular weight is 250 g/mol. The van der Waals surface area contributed by atoms with Crippen molar-refractivity contribution < 1.29 is 9.53 Å². The van der Waals surface area contributed by atoms with Gasteiger partial charge in [-0.05, 0) is 20.8 Å². The number of carbonyl (C=O) groups excluding carboxylic acids is 1. The molecule has 0 N–H and O–H groups in total. The summed E-state index contributed by atoms with van der Waals surface area (Å²) in [7, 11) is 1.67. The molecule has 0 rings (SSSR count). The third kappa shape index (κ3) is 6.63. The van der Waals surface area contributed by atoms with Gasteiger partial charge in [0.05, 0.1) is 6.54 Å². The van der Waals surface area contributed by atoms with Crippen molar-refractivity contribution in [2.24, 2.45) is 0 Å². The van der Waals surface area contributed by atoms with E-state index >= 15 is 0 Å². The zero-order valence-corrected chi connectivity index (χ0v) is 10.1. The highest BCUT2D eigenvalue weighted by Crippen LogP contribution is 2.10. The minimum Gasteiger partial charge on any atom is -0.444 e. The molecule has 0 aromatic carbocycles. The van der Waals surface area contributed by atoms with Crippen LogP contribution >= 0.6 is 15.9 Å². The predicted octanol–water partition coefficient (Wildman–Crippen LogP) is 2.76. The van der Waals surface area contributed by atoms with Gasteiger partial charge in [0.1, 0.15) is 5.60 Å². The van der Waals surface area contributed by atoms with Crippen LogP contribution in [0.15, 0.2) is 11.1 Å². The summed E-state index contributed by atoms with van der Waals surface area (Å²) in [6, 6.07) is 0. The maximum atomic E-state index is 11.3. The normalized spacial score (nSPS) is 10.8. The van der Waals surface area contributed by atoms with Crippen LogP contribution in [0.25, 0.3) is 0 Å². The van der Waals surface area contributed by atoms with Gasteiger partial charge >= 0.3 is 6.09 Å². The number of halogens is 1. The summed E-state index contributed by atoms with van der Waals surface area (Å²) in [5.41, 5.74) is -0.445. The van der Waals surface area contributed by atoms with Gasteiger partial charge in [0.15, 0.2) is 0 Å². The largest absolute Gasteiger partial charge is 0.444 e. The lowest BCUT2D eigenvalue weighted by molar-refractivity contribution is 0.0317. The van der Waals surface area contributed by atoms with E-state index < -0.39 is 5.60 Å². The first kappa shape index (κ1) is 12.5. The summed E-state index contributed by atoms with van der Waals surface area (Å²) in [4.78, 5) is 12.8. The van der Waals surface area contributed by atoms with Crippen molar-refractivity contribution >= 4 is 22.0 Å². The van der Waals surface area contributed by atoms with E-state index in [0.717, 1.165) is 4.48 Å². The summed E-state index contributed by atoms with van der Waals surface area (Å²) in [6.45, 7) is 9.60. The van der Waals surface area contributed by atoms with Gasteiger partial charge in [0, 0.05) is 11.5 Å². The molecule has 0 heterocycles. The molecule has 0 aromatic heterocycles. The lowest BCUT2D eigenvalue weighted by Crippen LogP contribution is -2.34. The lowest BCUT2D eigenvalue weighted by Gasteiger charge is -2.24. The minimum atomic E-state index is -0.445. The average Bonchev–Trinajstić information content (AvgIpc) is 1.81. The summed E-state index contributed by atoms with van der Waals surface area (Å²) in [6.07, 6.45) is -0.340. The predicted molar refractivity (Wildman–Crippen MR) is 56.9 cm³/mol. The van der Waals surface area contributed by atoms with Crippen molar-refractivity contribution in [1.29, 1.82) is 0 Å². The van der Waals surface area contributed by atoms with Crippen molar-refractivity contribution in [2.75, 3.05) is 13.6 Å². The molecule has 0 aromatic rings. The second kappa shape index (κ2) is 4.65. The van der Waals surface area contributed by atoms with Gasteiger partial charge in [-0.25, -0.2) is 4.79 Å². The third-order valence-electron chi connectivity index (χ3n) is 1.11. The standard InChI is InChI=1S/C9H16BrNO2/c1-7(10)6-11(5)8(12)13-9(2,3)4/h1,6H2,2-5H3. The highest BCUT2D eigenvalue weighted by Gasteiger charge is 2.19. The number of nitrogens with zero attached hydrogens (tertiary/aromatic N) is 1. The van der Waals surface area contributed by atoms with E-state index in [9.17, 15) is 4.79 Å². The molecule has 0 radical (unpaired) electrons. The van der Waals surface area contributed by atoms with Crippen LogP contribution < -0.4 is 0 Å². The van der Waals surface area contributed by atoms with E-state index in [-0.39, 0.29) is 6.09 Å². The second-order valence-corrected chi connectivity index (χ2v) is 4.98. The SMILES string of the molecule is C=C(Br)CN(C)C(=O)OC(C)(C)C. The number of carbonyl (C=O) groups is 1. The molecule has 0 aliphatic heterocycles. The first-order chi connectivity index (χ1) is 5.72. The fraction of sp³-hybridized carbons (Fsp3) is 0.667. The van der Waals surface area contributed by atoms with Gasteiger partial charge in [-0.15, -0.1) is 0 Å². The van der Waals surface area contributed by atoms with Crippen LogP contribution in [0.1, 0.15) is 20.8 Å². The maximum absolute atomic E-state index is 11.3. The van der Waals surface area contributed by atoms with Gasteiger partial charge in [-0.2, -0.15) is 0 Å². The number of ether oxygens (including phenoxy) is 1. The Kier molecular flexibility index (Phi) is 4.47. The van der Waals surface area contributed by atoms with E-state index in [1.807, 2.05) is 20.8 Å². The van der Waals surface area contributed by atoms with Crippen molar-refractivity contribution in [3.05, 3.63) is 11.1 Å². The summed E-state index contributed by atoms with van der Waals surface area (Å²) < 4.78 is 5.88. The first-order valence-corrected chi connectivity index (χ1v) is 4.79. The molecule has 76 valence electrons. The Bertz CT molecular complexity index is 208. The van der Waals surface area contributed by atoms with Crippen LogP contribution in [0.5, 0.6) is 0 Å². The number of hydrogen-bond donors (Lipinski definition) is 0. The van der Waals surface area contributed by atoms with E-state index in [2.05, 4.69) is 22.5 Å². The van der Waals surface area contributed by atoms with Gasteiger partial charge in [-0.1, -0.05) is 22.5 Å². The second-order valence-electron chi connectivity index (χ2n) is 3.85. The molecule has 0 unspecified atom stereocenters. The molecule has 0 spiro atoms. The molecule has 0 atom stereocenters. The Labute approximate surface area is 87.9 Å². The molecule has 1 amide bonds. The van der Waals surface area contributed by atoms with Crippen LogP contribution in [-0.4, -0.2) is 30.2 Å². The van der Waals surface area contributed by atoms with Crippen molar-refractivity contribution in [3.63, 3.8) is 0 Å². The molecule has 13 heavy (non-hydrogen) atoms. The van der Waals surface area contributed by atoms with E-state index in [0.29, 0.717) is 6.54 Å². The molecule has 3 nitrogen and oxygen atoms in total. The Hall–Kier alpha value is -0.510. The molecule has 0 saturated carbocycles. The molecule has 0 aliphatic rings. The van der Waals surface area contributed by atoms with Gasteiger partial charge in [0.25, 0.3) is 0 Å². The van der Waals surface area contributed by atoms with Crippen molar-refractivity contribution in [1.82, 2.24) is 4.90 Å². The fourth-order valence-electron chi connectivity index (χ4n) is 0.662. The molecule has 0 bridgehead atoms. The van der Waals surface area contributed by atoms with Crippen LogP contribution in [0, 0.1) is 0 Å². The number of hydrogen-bond acceptors (Lipinski definition) is 2. The smallest absolute Gasteiger partial charge is 0.410 e. The zero-order valence-electron chi connectivity index (χ0n) is 8.56. The molecule has 0 aliphatic carbocycles. The molecule has 0 fully saturated rings. The van der Waals surface area contributed by atoms with Gasteiger partial charge < -0.3 is 9.64 Å². The van der Waals surface area contributed by atoms with Crippen LogP contribution in [-0.2, 0) is 4.74 Å². The van der Waals surface area contributed by atoms with Crippen molar-refractivity contribution in [3.8, 4) is 0 Å². The molecular weight excluding hydrogens is 234 g/mol. The number of amides is 1. The highest BCUT2D eigenvalue weighted by atomic mass is 79.9. The van der Waals surface area contributed by atoms with E-state index in [1.165, 1.54) is 4.90 Å². The number of rotatable bonds is 2. The summed E-state index contributed by atoms with van der Waals surface area (Å²) in [5.74, 6) is 0. The fourth-order valence-corrected chi connectivity index (χ4v) is 1.04. The quantitative estimate of drug-likeness (QED) is 0.754. The first-order valence-electron chi connectivity index (χ1n) is 4.00. The maximum Gasteiger partial charge on any atom is 0.410 e. The van der Waals surface area contributed by atoms with Crippen LogP contribution in [0.4, 0.5) is 4.79 Å². The topological polar surface area (TPSA) is 29.5 Å². The molecule has 0 saturated heterocycles. The minimum absolute atomic E-state index is 0.340. The molecule has 4 heteroatoms. The Morgan fingerprint density at radius 1 is 1.54 bits per heavy atom. The monoisotopic (exact) mass is 249 g/mol. The number of likely N-dealkylation sites (N-methyl/N-ethyl adjacent to an activating group) is 1. The van der Waals surface area contributed by atoms with Crippen LogP contribution in [0.3, 0.4) is 0 Å². The summed E-state index contributed by atoms with van der Waals surface area (Å²) >= 11 is 3.18. The van der Waals surface area contributed by atoms with E-state index in [4.69, 9.17) is 4.74 Å². The lowest BCUT2D eigenvalue weighted by atomic mass is 10.2.